The molecule has 0 radical (unpaired) electrons. The Bertz CT molecular complexity index is 478. The zero-order chi connectivity index (χ0) is 13.2. The molecule has 0 amide bonds. The monoisotopic (exact) mass is 357 g/mol. The van der Waals surface area contributed by atoms with Crippen molar-refractivity contribution < 1.29 is 23.2 Å². The molecule has 92 valence electrons. The highest BCUT2D eigenvalue weighted by molar-refractivity contribution is 14.1. The molecule has 0 N–H and O–H groups in total. The fourth-order valence-corrected chi connectivity index (χ4v) is 2.13. The molecule has 0 aromatic heterocycles. The third-order valence-corrected chi connectivity index (χ3v) is 2.93. The Kier molecular flexibility index (Phi) is 4.32. The van der Waals surface area contributed by atoms with E-state index < -0.39 is 23.0 Å². The Balaban J connectivity index is 3.41. The molecule has 0 unspecified atom stereocenters. The van der Waals surface area contributed by atoms with Crippen molar-refractivity contribution in [3.05, 3.63) is 31.4 Å². The standard InChI is InChI=1S/C9H6F2INO4/c1-4(14)5-2-3-6(13(15)16)8(7(5)12)17-9(10)11/h2-3,9H,1H3. The summed E-state index contributed by atoms with van der Waals surface area (Å²) in [6, 6.07) is 2.18. The van der Waals surface area contributed by atoms with Gasteiger partial charge in [0, 0.05) is 11.6 Å². The number of nitrogens with zero attached hydrogens (tertiary/aromatic N) is 1. The van der Waals surface area contributed by atoms with Crippen LogP contribution in [0.3, 0.4) is 0 Å². The average molecular weight is 357 g/mol. The number of nitro benzene ring substituents is 1. The van der Waals surface area contributed by atoms with Gasteiger partial charge in [0.2, 0.25) is 5.75 Å². The van der Waals surface area contributed by atoms with Gasteiger partial charge in [0.15, 0.2) is 5.78 Å². The normalized spacial score (nSPS) is 10.4. The van der Waals surface area contributed by atoms with Crippen molar-refractivity contribution in [1.82, 2.24) is 0 Å². The molecule has 17 heavy (non-hydrogen) atoms. The number of carbonyl (C=O) groups excluding carboxylic acids is 1. The predicted octanol–water partition coefficient (Wildman–Crippen LogP) is 3.00. The molecule has 8 heteroatoms. The maximum Gasteiger partial charge on any atom is 0.387 e. The summed E-state index contributed by atoms with van der Waals surface area (Å²) in [5.74, 6) is -0.971. The van der Waals surface area contributed by atoms with Gasteiger partial charge in [0.1, 0.15) is 0 Å². The Morgan fingerprint density at radius 2 is 2.12 bits per heavy atom. The minimum Gasteiger partial charge on any atom is -0.426 e. The summed E-state index contributed by atoms with van der Waals surface area (Å²) < 4.78 is 28.4. The number of Topliss-reactive ketones (excluding diaryl/α,β-unsaturated/α-hetero) is 1. The van der Waals surface area contributed by atoms with Gasteiger partial charge in [-0.1, -0.05) is 0 Å². The molecule has 0 spiro atoms. The average Bonchev–Trinajstić information content (AvgIpc) is 2.19. The molecular formula is C9H6F2INO4. The van der Waals surface area contributed by atoms with Crippen LogP contribution >= 0.6 is 22.6 Å². The van der Waals surface area contributed by atoms with Crippen LogP contribution in [0, 0.1) is 13.7 Å². The van der Waals surface area contributed by atoms with E-state index >= 15 is 0 Å². The molecule has 1 aromatic rings. The van der Waals surface area contributed by atoms with Crippen molar-refractivity contribution in [2.75, 3.05) is 0 Å². The van der Waals surface area contributed by atoms with Crippen molar-refractivity contribution >= 4 is 34.1 Å². The number of ketones is 1. The Morgan fingerprint density at radius 3 is 2.53 bits per heavy atom. The van der Waals surface area contributed by atoms with E-state index in [-0.39, 0.29) is 14.9 Å². The zero-order valence-corrected chi connectivity index (χ0v) is 10.6. The Hall–Kier alpha value is -1.32. The van der Waals surface area contributed by atoms with Crippen molar-refractivity contribution in [3.63, 3.8) is 0 Å². The summed E-state index contributed by atoms with van der Waals surface area (Å²) in [4.78, 5) is 21.0. The van der Waals surface area contributed by atoms with Crippen LogP contribution in [0.2, 0.25) is 0 Å². The van der Waals surface area contributed by atoms with E-state index in [1.165, 1.54) is 13.0 Å². The predicted molar refractivity (Wildman–Crippen MR) is 62.4 cm³/mol. The molecule has 0 fully saturated rings. The minimum absolute atomic E-state index is 0.00426. The first-order valence-electron chi connectivity index (χ1n) is 4.27. The van der Waals surface area contributed by atoms with E-state index in [9.17, 15) is 23.7 Å². The molecular weight excluding hydrogens is 351 g/mol. The van der Waals surface area contributed by atoms with Crippen LogP contribution in [0.25, 0.3) is 0 Å². The van der Waals surface area contributed by atoms with Gasteiger partial charge in [0.05, 0.1) is 8.49 Å². The fraction of sp³-hybridized carbons (Fsp3) is 0.222. The van der Waals surface area contributed by atoms with Gasteiger partial charge in [-0.15, -0.1) is 0 Å². The Labute approximate surface area is 108 Å². The highest BCUT2D eigenvalue weighted by Crippen LogP contribution is 2.35. The second-order valence-electron chi connectivity index (χ2n) is 2.97. The van der Waals surface area contributed by atoms with E-state index in [1.807, 2.05) is 0 Å². The minimum atomic E-state index is -3.19. The zero-order valence-electron chi connectivity index (χ0n) is 8.45. The van der Waals surface area contributed by atoms with Crippen molar-refractivity contribution in [2.24, 2.45) is 0 Å². The first-order chi connectivity index (χ1) is 7.84. The van der Waals surface area contributed by atoms with Crippen molar-refractivity contribution in [2.45, 2.75) is 13.5 Å². The molecule has 0 aliphatic carbocycles. The molecule has 0 saturated heterocycles. The highest BCUT2D eigenvalue weighted by Gasteiger charge is 2.24. The van der Waals surface area contributed by atoms with Gasteiger partial charge in [0.25, 0.3) is 0 Å². The number of hydrogen-bond acceptors (Lipinski definition) is 4. The molecule has 0 heterocycles. The van der Waals surface area contributed by atoms with Crippen LogP contribution in [0.5, 0.6) is 5.75 Å². The SMILES string of the molecule is CC(=O)c1ccc([N+](=O)[O-])c(OC(F)F)c1I. The highest BCUT2D eigenvalue weighted by atomic mass is 127. The van der Waals surface area contributed by atoms with Crippen LogP contribution in [-0.2, 0) is 0 Å². The number of benzene rings is 1. The van der Waals surface area contributed by atoms with E-state index in [4.69, 9.17) is 0 Å². The second-order valence-corrected chi connectivity index (χ2v) is 4.05. The third-order valence-electron chi connectivity index (χ3n) is 1.86. The Morgan fingerprint density at radius 1 is 1.53 bits per heavy atom. The van der Waals surface area contributed by atoms with Crippen LogP contribution in [-0.4, -0.2) is 17.3 Å². The van der Waals surface area contributed by atoms with Crippen LogP contribution in [0.1, 0.15) is 17.3 Å². The first kappa shape index (κ1) is 13.7. The van der Waals surface area contributed by atoms with Crippen LogP contribution in [0.4, 0.5) is 14.5 Å². The summed E-state index contributed by atoms with van der Waals surface area (Å²) in [5, 5.41) is 10.6. The number of rotatable bonds is 4. The number of ether oxygens (including phenoxy) is 1. The van der Waals surface area contributed by atoms with Crippen LogP contribution in [0.15, 0.2) is 12.1 Å². The van der Waals surface area contributed by atoms with Crippen molar-refractivity contribution in [3.8, 4) is 5.75 Å². The molecule has 0 bridgehead atoms. The van der Waals surface area contributed by atoms with Gasteiger partial charge >= 0.3 is 12.3 Å². The van der Waals surface area contributed by atoms with Gasteiger partial charge in [-0.3, -0.25) is 14.9 Å². The molecule has 0 saturated carbocycles. The van der Waals surface area contributed by atoms with E-state index in [0.29, 0.717) is 0 Å². The lowest BCUT2D eigenvalue weighted by atomic mass is 10.1. The third kappa shape index (κ3) is 3.08. The number of hydrogen-bond donors (Lipinski definition) is 0. The van der Waals surface area contributed by atoms with Gasteiger partial charge in [-0.2, -0.15) is 8.78 Å². The maximum atomic E-state index is 12.1. The number of nitro groups is 1. The smallest absolute Gasteiger partial charge is 0.387 e. The lowest BCUT2D eigenvalue weighted by molar-refractivity contribution is -0.386. The summed E-state index contributed by atoms with van der Waals surface area (Å²) in [6.45, 7) is -1.96. The van der Waals surface area contributed by atoms with Crippen LogP contribution < -0.4 is 4.74 Å². The molecule has 5 nitrogen and oxygen atoms in total. The summed E-state index contributed by atoms with van der Waals surface area (Å²) in [6.07, 6.45) is 0. The maximum absolute atomic E-state index is 12.1. The molecule has 0 aliphatic heterocycles. The van der Waals surface area contributed by atoms with Gasteiger partial charge < -0.3 is 4.74 Å². The van der Waals surface area contributed by atoms with E-state index in [0.717, 1.165) is 6.07 Å². The summed E-state index contributed by atoms with van der Waals surface area (Å²) in [7, 11) is 0. The quantitative estimate of drug-likeness (QED) is 0.360. The van der Waals surface area contributed by atoms with E-state index in [1.54, 1.807) is 22.6 Å². The molecule has 0 atom stereocenters. The molecule has 1 aromatic carbocycles. The fourth-order valence-electron chi connectivity index (χ4n) is 1.16. The molecule has 1 rings (SSSR count). The summed E-state index contributed by atoms with van der Waals surface area (Å²) in [5.41, 5.74) is -0.494. The number of halogens is 3. The largest absolute Gasteiger partial charge is 0.426 e. The van der Waals surface area contributed by atoms with Gasteiger partial charge in [-0.25, -0.2) is 0 Å². The number of carbonyl (C=O) groups is 1. The van der Waals surface area contributed by atoms with E-state index in [2.05, 4.69) is 4.74 Å². The topological polar surface area (TPSA) is 69.4 Å². The first-order valence-corrected chi connectivity index (χ1v) is 5.35. The lowest BCUT2D eigenvalue weighted by Crippen LogP contribution is -2.08. The lowest BCUT2D eigenvalue weighted by Gasteiger charge is -2.09. The number of alkyl halides is 2. The second kappa shape index (κ2) is 5.34. The van der Waals surface area contributed by atoms with Crippen molar-refractivity contribution in [1.29, 1.82) is 0 Å². The summed E-state index contributed by atoms with van der Waals surface area (Å²) >= 11 is 1.56. The van der Waals surface area contributed by atoms with Gasteiger partial charge in [-0.05, 0) is 35.6 Å². The molecule has 0 aliphatic rings.